The zero-order valence-corrected chi connectivity index (χ0v) is 17.7. The molecule has 5 heteroatoms. The van der Waals surface area contributed by atoms with Crippen LogP contribution in [0.2, 0.25) is 0 Å². The molecule has 0 radical (unpaired) electrons. The van der Waals surface area contributed by atoms with E-state index in [0.29, 0.717) is 12.6 Å². The van der Waals surface area contributed by atoms with Crippen LogP contribution in [0.1, 0.15) is 75.9 Å². The molecule has 2 aromatic heterocycles. The van der Waals surface area contributed by atoms with Gasteiger partial charge in [-0.2, -0.15) is 5.10 Å². The van der Waals surface area contributed by atoms with Gasteiger partial charge in [0, 0.05) is 11.6 Å². The lowest BCUT2D eigenvalue weighted by Gasteiger charge is -2.55. The van der Waals surface area contributed by atoms with Crippen LogP contribution in [0.15, 0.2) is 30.5 Å². The number of amides is 1. The third-order valence-corrected chi connectivity index (χ3v) is 8.33. The monoisotopic (exact) mass is 404 g/mol. The van der Waals surface area contributed by atoms with E-state index in [4.69, 9.17) is 5.10 Å². The van der Waals surface area contributed by atoms with Gasteiger partial charge >= 0.3 is 0 Å². The van der Waals surface area contributed by atoms with Crippen molar-refractivity contribution in [1.82, 2.24) is 20.1 Å². The average Bonchev–Trinajstić information content (AvgIpc) is 3.41. The van der Waals surface area contributed by atoms with Gasteiger partial charge < -0.3 is 5.32 Å². The molecular weight excluding hydrogens is 372 g/mol. The van der Waals surface area contributed by atoms with Crippen LogP contribution in [0.4, 0.5) is 0 Å². The molecule has 0 spiro atoms. The van der Waals surface area contributed by atoms with Crippen molar-refractivity contribution in [3.05, 3.63) is 36.2 Å². The molecule has 30 heavy (non-hydrogen) atoms. The first-order valence-electron chi connectivity index (χ1n) is 12.0. The molecule has 2 aromatic rings. The number of nitrogens with zero attached hydrogens (tertiary/aromatic N) is 3. The molecule has 0 unspecified atom stereocenters. The Labute approximate surface area is 178 Å². The van der Waals surface area contributed by atoms with Gasteiger partial charge in [-0.1, -0.05) is 18.9 Å². The summed E-state index contributed by atoms with van der Waals surface area (Å²) in [6, 6.07) is 8.63. The van der Waals surface area contributed by atoms with Crippen molar-refractivity contribution >= 4 is 5.91 Å². The molecule has 0 atom stereocenters. The molecule has 5 aliphatic rings. The van der Waals surface area contributed by atoms with Crippen molar-refractivity contribution in [3.63, 3.8) is 0 Å². The van der Waals surface area contributed by atoms with Crippen molar-refractivity contribution in [2.24, 2.45) is 23.2 Å². The summed E-state index contributed by atoms with van der Waals surface area (Å²) in [6.07, 6.45) is 14.2. The second-order valence-corrected chi connectivity index (χ2v) is 10.5. The van der Waals surface area contributed by atoms with E-state index in [-0.39, 0.29) is 11.3 Å². The number of carbonyl (C=O) groups is 1. The number of hydrogen-bond donors (Lipinski definition) is 1. The normalized spacial score (nSPS) is 32.6. The van der Waals surface area contributed by atoms with Gasteiger partial charge in [0.15, 0.2) is 0 Å². The smallest absolute Gasteiger partial charge is 0.226 e. The van der Waals surface area contributed by atoms with Crippen molar-refractivity contribution in [1.29, 1.82) is 0 Å². The van der Waals surface area contributed by atoms with Crippen molar-refractivity contribution in [2.75, 3.05) is 0 Å². The average molecular weight is 405 g/mol. The van der Waals surface area contributed by atoms with E-state index in [0.717, 1.165) is 54.1 Å². The molecule has 0 aliphatic heterocycles. The van der Waals surface area contributed by atoms with Crippen molar-refractivity contribution < 1.29 is 4.79 Å². The van der Waals surface area contributed by atoms with Gasteiger partial charge in [-0.3, -0.25) is 14.5 Å². The van der Waals surface area contributed by atoms with Gasteiger partial charge in [-0.15, -0.1) is 0 Å². The predicted molar refractivity (Wildman–Crippen MR) is 115 cm³/mol. The molecule has 7 rings (SSSR count). The summed E-state index contributed by atoms with van der Waals surface area (Å²) in [5, 5.41) is 8.25. The van der Waals surface area contributed by atoms with Gasteiger partial charge in [0.1, 0.15) is 0 Å². The summed E-state index contributed by atoms with van der Waals surface area (Å²) in [5.41, 5.74) is 2.92. The van der Waals surface area contributed by atoms with Gasteiger partial charge in [0.05, 0.1) is 29.7 Å². The summed E-state index contributed by atoms with van der Waals surface area (Å²) < 4.78 is 2.18. The minimum Gasteiger partial charge on any atom is -0.350 e. The maximum absolute atomic E-state index is 13.3. The Morgan fingerprint density at radius 2 is 1.77 bits per heavy atom. The van der Waals surface area contributed by atoms with Crippen LogP contribution in [0.5, 0.6) is 0 Å². The Balaban J connectivity index is 1.21. The number of rotatable bonds is 5. The molecule has 158 valence electrons. The summed E-state index contributed by atoms with van der Waals surface area (Å²) in [6.45, 7) is 0.528. The molecule has 0 aromatic carbocycles. The Morgan fingerprint density at radius 1 is 1.07 bits per heavy atom. The number of aromatic nitrogens is 3. The fourth-order valence-corrected chi connectivity index (χ4v) is 7.41. The van der Waals surface area contributed by atoms with E-state index in [2.05, 4.69) is 27.1 Å². The summed E-state index contributed by atoms with van der Waals surface area (Å²) in [5.74, 6) is 2.66. The standard InChI is InChI=1S/C25H32N4O/c30-24(25-13-17-9-18(14-25)11-19(10-17)15-25)27-16-20-12-23(22-7-3-4-8-26-22)29(28-20)21-5-1-2-6-21/h3-4,7-8,12,17-19,21H,1-2,5-6,9-11,13-16H2,(H,27,30). The van der Waals surface area contributed by atoms with Gasteiger partial charge in [-0.05, 0) is 87.3 Å². The Bertz CT molecular complexity index is 893. The van der Waals surface area contributed by atoms with Crippen molar-refractivity contribution in [3.8, 4) is 11.4 Å². The highest BCUT2D eigenvalue weighted by Crippen LogP contribution is 2.60. The third-order valence-electron chi connectivity index (χ3n) is 8.33. The van der Waals surface area contributed by atoms with Gasteiger partial charge in [0.2, 0.25) is 5.91 Å². The Kier molecular flexibility index (Phi) is 4.47. The first-order chi connectivity index (χ1) is 14.7. The van der Waals surface area contributed by atoms with Crippen LogP contribution in [0.25, 0.3) is 11.4 Å². The summed E-state index contributed by atoms with van der Waals surface area (Å²) >= 11 is 0. The van der Waals surface area contributed by atoms with E-state index >= 15 is 0 Å². The van der Waals surface area contributed by atoms with E-state index in [1.54, 1.807) is 0 Å². The molecule has 4 bridgehead atoms. The molecule has 5 saturated carbocycles. The Morgan fingerprint density at radius 3 is 2.40 bits per heavy atom. The second kappa shape index (κ2) is 7.21. The zero-order chi connectivity index (χ0) is 20.1. The highest BCUT2D eigenvalue weighted by Gasteiger charge is 2.54. The van der Waals surface area contributed by atoms with Crippen LogP contribution < -0.4 is 5.32 Å². The zero-order valence-electron chi connectivity index (χ0n) is 17.7. The highest BCUT2D eigenvalue weighted by atomic mass is 16.2. The fraction of sp³-hybridized carbons (Fsp3) is 0.640. The quantitative estimate of drug-likeness (QED) is 0.772. The number of pyridine rings is 1. The van der Waals surface area contributed by atoms with Crippen LogP contribution in [0, 0.1) is 23.2 Å². The maximum Gasteiger partial charge on any atom is 0.226 e. The molecule has 5 fully saturated rings. The van der Waals surface area contributed by atoms with Crippen LogP contribution in [-0.2, 0) is 11.3 Å². The third kappa shape index (κ3) is 3.17. The minimum absolute atomic E-state index is 0.0907. The Hall–Kier alpha value is -2.17. The van der Waals surface area contributed by atoms with Gasteiger partial charge in [0.25, 0.3) is 0 Å². The van der Waals surface area contributed by atoms with Crippen LogP contribution in [-0.4, -0.2) is 20.7 Å². The highest BCUT2D eigenvalue weighted by molar-refractivity contribution is 5.83. The molecule has 2 heterocycles. The van der Waals surface area contributed by atoms with Gasteiger partial charge in [-0.25, -0.2) is 0 Å². The minimum atomic E-state index is -0.0907. The summed E-state index contributed by atoms with van der Waals surface area (Å²) in [7, 11) is 0. The van der Waals surface area contributed by atoms with E-state index < -0.39 is 0 Å². The summed E-state index contributed by atoms with van der Waals surface area (Å²) in [4.78, 5) is 17.9. The topological polar surface area (TPSA) is 59.8 Å². The lowest BCUT2D eigenvalue weighted by molar-refractivity contribution is -0.146. The predicted octanol–water partition coefficient (Wildman–Crippen LogP) is 4.89. The molecule has 0 saturated heterocycles. The molecular formula is C25H32N4O. The first kappa shape index (κ1) is 18.6. The number of carbonyl (C=O) groups excluding carboxylic acids is 1. The molecule has 1 N–H and O–H groups in total. The van der Waals surface area contributed by atoms with E-state index in [1.807, 2.05) is 18.3 Å². The SMILES string of the molecule is O=C(NCc1cc(-c2ccccn2)n(C2CCCC2)n1)C12CC3CC(CC(C3)C1)C2. The second-order valence-electron chi connectivity index (χ2n) is 10.5. The number of nitrogens with one attached hydrogen (secondary N) is 1. The lowest BCUT2D eigenvalue weighted by Crippen LogP contribution is -2.53. The van der Waals surface area contributed by atoms with Crippen LogP contribution in [0.3, 0.4) is 0 Å². The molecule has 5 nitrogen and oxygen atoms in total. The lowest BCUT2D eigenvalue weighted by atomic mass is 9.49. The number of hydrogen-bond acceptors (Lipinski definition) is 3. The maximum atomic E-state index is 13.3. The molecule has 5 aliphatic carbocycles. The van der Waals surface area contributed by atoms with E-state index in [1.165, 1.54) is 44.9 Å². The van der Waals surface area contributed by atoms with E-state index in [9.17, 15) is 4.79 Å². The first-order valence-corrected chi connectivity index (χ1v) is 12.0. The fourth-order valence-electron chi connectivity index (χ4n) is 7.41. The molecule has 1 amide bonds. The van der Waals surface area contributed by atoms with Crippen LogP contribution >= 0.6 is 0 Å². The largest absolute Gasteiger partial charge is 0.350 e. The van der Waals surface area contributed by atoms with Crippen molar-refractivity contribution in [2.45, 2.75) is 76.8 Å².